The van der Waals surface area contributed by atoms with Crippen LogP contribution in [0.3, 0.4) is 0 Å². The zero-order chi connectivity index (χ0) is 17.5. The Balaban J connectivity index is 2.41. The summed E-state index contributed by atoms with van der Waals surface area (Å²) in [7, 11) is -3.28. The van der Waals surface area contributed by atoms with Gasteiger partial charge in [-0.2, -0.15) is 0 Å². The lowest BCUT2D eigenvalue weighted by atomic mass is 10.1. The topological polar surface area (TPSA) is 83.9 Å². The number of esters is 1. The Morgan fingerprint density at radius 1 is 1.12 bits per heavy atom. The fourth-order valence-electron chi connectivity index (χ4n) is 2.47. The maximum absolute atomic E-state index is 14.2. The van der Waals surface area contributed by atoms with Crippen LogP contribution in [0.25, 0.3) is 5.76 Å². The minimum atomic E-state index is -4.32. The molecular weight excluding hydrogens is 337 g/mol. The molecule has 1 aliphatic heterocycles. The molecule has 0 bridgehead atoms. The number of rotatable bonds is 2. The molecular formula is C16H12FNO5S. The van der Waals surface area contributed by atoms with Crippen LogP contribution in [0.15, 0.2) is 59.1 Å². The van der Waals surface area contributed by atoms with E-state index in [1.807, 2.05) is 0 Å². The number of aliphatic hydroxyl groups is 1. The molecule has 0 radical (unpaired) electrons. The Bertz CT molecular complexity index is 968. The van der Waals surface area contributed by atoms with Crippen molar-refractivity contribution in [3.05, 3.63) is 65.6 Å². The first-order valence-corrected chi connectivity index (χ1v) is 8.24. The van der Waals surface area contributed by atoms with E-state index in [2.05, 4.69) is 4.74 Å². The number of hydrogen-bond acceptors (Lipinski definition) is 5. The van der Waals surface area contributed by atoms with Crippen molar-refractivity contribution in [3.63, 3.8) is 0 Å². The summed E-state index contributed by atoms with van der Waals surface area (Å²) in [4.78, 5) is 11.9. The number of anilines is 1. The molecule has 6 nitrogen and oxygen atoms in total. The molecule has 0 unspecified atom stereocenters. The van der Waals surface area contributed by atoms with Crippen molar-refractivity contribution in [2.75, 3.05) is 11.4 Å². The van der Waals surface area contributed by atoms with Crippen molar-refractivity contribution < 1.29 is 27.4 Å². The fraction of sp³-hybridized carbons (Fsp3) is 0.0625. The maximum atomic E-state index is 14.2. The van der Waals surface area contributed by atoms with E-state index in [1.54, 1.807) is 0 Å². The number of carbonyl (C=O) groups excluding carboxylic acids is 1. The van der Waals surface area contributed by atoms with Gasteiger partial charge in [-0.3, -0.25) is 0 Å². The highest BCUT2D eigenvalue weighted by Gasteiger charge is 2.42. The van der Waals surface area contributed by atoms with Crippen LogP contribution >= 0.6 is 0 Å². The van der Waals surface area contributed by atoms with Gasteiger partial charge in [-0.15, -0.1) is 0 Å². The van der Waals surface area contributed by atoms with Crippen molar-refractivity contribution >= 4 is 27.4 Å². The van der Waals surface area contributed by atoms with Crippen LogP contribution in [0.2, 0.25) is 0 Å². The third kappa shape index (κ3) is 2.23. The van der Waals surface area contributed by atoms with Crippen LogP contribution in [-0.2, 0) is 19.6 Å². The first-order valence-electron chi connectivity index (χ1n) is 6.80. The first kappa shape index (κ1) is 16.0. The van der Waals surface area contributed by atoms with E-state index in [-0.39, 0.29) is 16.1 Å². The molecule has 1 heterocycles. The summed E-state index contributed by atoms with van der Waals surface area (Å²) < 4.78 is 45.1. The van der Waals surface area contributed by atoms with E-state index in [1.165, 1.54) is 42.5 Å². The van der Waals surface area contributed by atoms with Crippen LogP contribution in [0.1, 0.15) is 5.56 Å². The number of benzene rings is 2. The van der Waals surface area contributed by atoms with E-state index < -0.39 is 33.3 Å². The molecule has 2 aromatic carbocycles. The van der Waals surface area contributed by atoms with Gasteiger partial charge in [0.1, 0.15) is 5.82 Å². The van der Waals surface area contributed by atoms with Gasteiger partial charge in [0, 0.05) is 5.56 Å². The van der Waals surface area contributed by atoms with Gasteiger partial charge >= 0.3 is 5.97 Å². The summed E-state index contributed by atoms with van der Waals surface area (Å²) in [5, 5.41) is 10.4. The molecule has 0 aliphatic carbocycles. The number of aliphatic hydroxyl groups excluding tert-OH is 1. The van der Waals surface area contributed by atoms with Gasteiger partial charge in [0.15, 0.2) is 11.5 Å². The van der Waals surface area contributed by atoms with Crippen LogP contribution in [-0.4, -0.2) is 26.6 Å². The summed E-state index contributed by atoms with van der Waals surface area (Å²) >= 11 is 0. The van der Waals surface area contributed by atoms with E-state index in [9.17, 15) is 22.7 Å². The van der Waals surface area contributed by atoms with Crippen molar-refractivity contribution in [1.82, 2.24) is 0 Å². The Labute approximate surface area is 137 Å². The van der Waals surface area contributed by atoms with E-state index >= 15 is 0 Å². The van der Waals surface area contributed by atoms with Gasteiger partial charge in [-0.05, 0) is 24.3 Å². The Hall–Kier alpha value is -2.87. The van der Waals surface area contributed by atoms with Crippen molar-refractivity contribution in [3.8, 4) is 0 Å². The normalized spacial score (nSPS) is 15.8. The minimum Gasteiger partial charge on any atom is -0.505 e. The number of carbonyl (C=O) groups is 1. The highest BCUT2D eigenvalue weighted by atomic mass is 32.2. The van der Waals surface area contributed by atoms with Crippen LogP contribution in [0.5, 0.6) is 0 Å². The SMILES string of the molecule is COC(=O)C1=C(O)c2ccccc2S(=O)(=O)N1c1ccccc1F. The first-order chi connectivity index (χ1) is 11.4. The molecule has 0 spiro atoms. The number of nitrogens with zero attached hydrogens (tertiary/aromatic N) is 1. The van der Waals surface area contributed by atoms with Gasteiger partial charge in [0.25, 0.3) is 10.0 Å². The molecule has 1 aliphatic rings. The van der Waals surface area contributed by atoms with Gasteiger partial charge in [-0.25, -0.2) is 21.9 Å². The largest absolute Gasteiger partial charge is 0.505 e. The van der Waals surface area contributed by atoms with Crippen LogP contribution in [0.4, 0.5) is 10.1 Å². The number of sulfonamides is 1. The van der Waals surface area contributed by atoms with E-state index in [0.717, 1.165) is 13.2 Å². The zero-order valence-corrected chi connectivity index (χ0v) is 13.2. The Kier molecular flexibility index (Phi) is 3.76. The molecule has 0 fully saturated rings. The van der Waals surface area contributed by atoms with Gasteiger partial charge in [-0.1, -0.05) is 24.3 Å². The van der Waals surface area contributed by atoms with Crippen LogP contribution < -0.4 is 4.31 Å². The average Bonchev–Trinajstić information content (AvgIpc) is 2.58. The zero-order valence-electron chi connectivity index (χ0n) is 12.4. The second-order valence-electron chi connectivity index (χ2n) is 4.91. The molecule has 0 aromatic heterocycles. The van der Waals surface area contributed by atoms with Crippen molar-refractivity contribution in [1.29, 1.82) is 0 Å². The third-order valence-electron chi connectivity index (χ3n) is 3.54. The second-order valence-corrected chi connectivity index (χ2v) is 6.66. The van der Waals surface area contributed by atoms with Gasteiger partial charge in [0.2, 0.25) is 0 Å². The quantitative estimate of drug-likeness (QED) is 0.842. The number of methoxy groups -OCH3 is 1. The molecule has 0 saturated carbocycles. The lowest BCUT2D eigenvalue weighted by Crippen LogP contribution is -2.39. The summed E-state index contributed by atoms with van der Waals surface area (Å²) in [6.45, 7) is 0. The molecule has 1 N–H and O–H groups in total. The average molecular weight is 349 g/mol. The van der Waals surface area contributed by atoms with Gasteiger partial charge in [0.05, 0.1) is 17.7 Å². The number of ether oxygens (including phenoxy) is 1. The predicted octanol–water partition coefficient (Wildman–Crippen LogP) is 2.43. The molecule has 24 heavy (non-hydrogen) atoms. The molecule has 0 atom stereocenters. The lowest BCUT2D eigenvalue weighted by molar-refractivity contribution is -0.136. The molecule has 0 amide bonds. The van der Waals surface area contributed by atoms with Crippen molar-refractivity contribution in [2.24, 2.45) is 0 Å². The predicted molar refractivity (Wildman–Crippen MR) is 84.1 cm³/mol. The van der Waals surface area contributed by atoms with Gasteiger partial charge < -0.3 is 9.84 Å². The summed E-state index contributed by atoms with van der Waals surface area (Å²) in [6, 6.07) is 10.6. The molecule has 124 valence electrons. The Morgan fingerprint density at radius 3 is 2.42 bits per heavy atom. The highest BCUT2D eigenvalue weighted by molar-refractivity contribution is 7.93. The number of halogens is 1. The van der Waals surface area contributed by atoms with Crippen LogP contribution in [0, 0.1) is 5.82 Å². The second kappa shape index (κ2) is 5.64. The number of fused-ring (bicyclic) bond motifs is 1. The lowest BCUT2D eigenvalue weighted by Gasteiger charge is -2.30. The smallest absolute Gasteiger partial charge is 0.359 e. The number of para-hydroxylation sites is 1. The number of hydrogen-bond donors (Lipinski definition) is 1. The maximum Gasteiger partial charge on any atom is 0.359 e. The molecule has 0 saturated heterocycles. The van der Waals surface area contributed by atoms with E-state index in [0.29, 0.717) is 4.31 Å². The standard InChI is InChI=1S/C16H12FNO5S/c1-23-16(20)14-15(19)10-6-2-5-9-13(10)24(21,22)18(14)12-8-4-3-7-11(12)17/h2-9,19H,1H3. The highest BCUT2D eigenvalue weighted by Crippen LogP contribution is 2.39. The molecule has 2 aromatic rings. The third-order valence-corrected chi connectivity index (χ3v) is 5.31. The monoisotopic (exact) mass is 349 g/mol. The summed E-state index contributed by atoms with van der Waals surface area (Å²) in [5.41, 5.74) is -1.11. The molecule has 3 rings (SSSR count). The minimum absolute atomic E-state index is 0.0505. The van der Waals surface area contributed by atoms with E-state index in [4.69, 9.17) is 0 Å². The van der Waals surface area contributed by atoms with Crippen molar-refractivity contribution in [2.45, 2.75) is 4.90 Å². The summed E-state index contributed by atoms with van der Waals surface area (Å²) in [6.07, 6.45) is 0. The fourth-order valence-corrected chi connectivity index (χ4v) is 4.17. The molecule has 8 heteroatoms. The summed E-state index contributed by atoms with van der Waals surface area (Å²) in [5.74, 6) is -2.57. The Morgan fingerprint density at radius 2 is 1.75 bits per heavy atom.